The van der Waals surface area contributed by atoms with E-state index in [0.29, 0.717) is 13.1 Å². The summed E-state index contributed by atoms with van der Waals surface area (Å²) in [6, 6.07) is 16.6. The highest BCUT2D eigenvalue weighted by Gasteiger charge is 2.12. The third kappa shape index (κ3) is 2.97. The number of anilines is 1. The van der Waals surface area contributed by atoms with Gasteiger partial charge in [0.2, 0.25) is 0 Å². The third-order valence-corrected chi connectivity index (χ3v) is 4.41. The van der Waals surface area contributed by atoms with Crippen molar-refractivity contribution >= 4 is 16.7 Å². The predicted octanol–water partition coefficient (Wildman–Crippen LogP) is 3.02. The second-order valence-electron chi connectivity index (χ2n) is 6.16. The van der Waals surface area contributed by atoms with Crippen LogP contribution in [0.4, 0.5) is 10.2 Å². The Kier molecular flexibility index (Phi) is 4.01. The predicted molar refractivity (Wildman–Crippen MR) is 99.5 cm³/mol. The van der Waals surface area contributed by atoms with Gasteiger partial charge in [-0.1, -0.05) is 30.3 Å². The number of fused-ring (bicyclic) bond motifs is 1. The van der Waals surface area contributed by atoms with E-state index in [1.54, 1.807) is 12.3 Å². The Morgan fingerprint density at radius 2 is 1.85 bits per heavy atom. The lowest BCUT2D eigenvalue weighted by molar-refractivity contribution is 0.629. The van der Waals surface area contributed by atoms with Crippen LogP contribution in [0.1, 0.15) is 11.3 Å². The maximum absolute atomic E-state index is 13.7. The summed E-state index contributed by atoms with van der Waals surface area (Å²) in [5.41, 5.74) is 8.22. The lowest BCUT2D eigenvalue weighted by atomic mass is 10.2. The summed E-state index contributed by atoms with van der Waals surface area (Å²) in [5.74, 6) is -0.324. The Labute approximate surface area is 149 Å². The van der Waals surface area contributed by atoms with Crippen molar-refractivity contribution in [2.24, 2.45) is 0 Å². The van der Waals surface area contributed by atoms with Crippen molar-refractivity contribution in [3.63, 3.8) is 0 Å². The Bertz CT molecular complexity index is 1130. The molecular weight excluding hydrogens is 331 g/mol. The molecule has 0 fully saturated rings. The van der Waals surface area contributed by atoms with E-state index in [0.717, 1.165) is 22.2 Å². The summed E-state index contributed by atoms with van der Waals surface area (Å²) < 4.78 is 17.3. The molecule has 0 spiro atoms. The van der Waals surface area contributed by atoms with E-state index in [1.165, 1.54) is 22.9 Å². The molecule has 0 amide bonds. The van der Waals surface area contributed by atoms with E-state index >= 15 is 0 Å². The number of benzene rings is 2. The van der Waals surface area contributed by atoms with E-state index in [1.807, 2.05) is 36.4 Å². The first-order valence-electron chi connectivity index (χ1n) is 8.24. The molecule has 2 aromatic heterocycles. The van der Waals surface area contributed by atoms with E-state index in [-0.39, 0.29) is 17.2 Å². The van der Waals surface area contributed by atoms with E-state index in [9.17, 15) is 9.18 Å². The molecule has 0 saturated carbocycles. The number of halogens is 1. The zero-order valence-corrected chi connectivity index (χ0v) is 14.0. The van der Waals surface area contributed by atoms with Crippen LogP contribution < -0.4 is 11.3 Å². The smallest absolute Gasteiger partial charge is 0.293 e. The van der Waals surface area contributed by atoms with Crippen molar-refractivity contribution in [1.82, 2.24) is 14.1 Å². The molecule has 5 nitrogen and oxygen atoms in total. The second-order valence-corrected chi connectivity index (χ2v) is 6.16. The van der Waals surface area contributed by atoms with Crippen LogP contribution in [0.15, 0.2) is 71.8 Å². The van der Waals surface area contributed by atoms with Gasteiger partial charge in [0, 0.05) is 35.5 Å². The van der Waals surface area contributed by atoms with Crippen molar-refractivity contribution in [2.75, 3.05) is 5.73 Å². The molecule has 4 aromatic rings. The number of aromatic nitrogens is 3. The first-order valence-corrected chi connectivity index (χ1v) is 8.24. The van der Waals surface area contributed by atoms with Crippen LogP contribution in [0.5, 0.6) is 0 Å². The average molecular weight is 348 g/mol. The molecule has 0 aliphatic carbocycles. The Morgan fingerprint density at radius 3 is 2.65 bits per heavy atom. The van der Waals surface area contributed by atoms with Crippen LogP contribution in [0.2, 0.25) is 0 Å². The Balaban J connectivity index is 1.83. The third-order valence-electron chi connectivity index (χ3n) is 4.41. The summed E-state index contributed by atoms with van der Waals surface area (Å²) >= 11 is 0. The van der Waals surface area contributed by atoms with Gasteiger partial charge in [0.15, 0.2) is 5.82 Å². The summed E-state index contributed by atoms with van der Waals surface area (Å²) in [6.07, 6.45) is 3.10. The SMILES string of the molecule is Nc1nccn(Cc2cc3cc(F)ccc3n2Cc2ccccc2)c1=O. The quantitative estimate of drug-likeness (QED) is 0.616. The Hall–Kier alpha value is -3.41. The van der Waals surface area contributed by atoms with Gasteiger partial charge in [0.25, 0.3) is 5.56 Å². The van der Waals surface area contributed by atoms with Crippen LogP contribution in [0.25, 0.3) is 10.9 Å². The maximum Gasteiger partial charge on any atom is 0.293 e. The van der Waals surface area contributed by atoms with Crippen LogP contribution in [-0.4, -0.2) is 14.1 Å². The second kappa shape index (κ2) is 6.48. The molecule has 4 rings (SSSR count). The van der Waals surface area contributed by atoms with Gasteiger partial charge in [0.05, 0.1) is 6.54 Å². The van der Waals surface area contributed by atoms with Crippen LogP contribution in [0, 0.1) is 5.82 Å². The fourth-order valence-corrected chi connectivity index (χ4v) is 3.15. The fraction of sp³-hybridized carbons (Fsp3) is 0.100. The normalized spacial score (nSPS) is 11.1. The maximum atomic E-state index is 13.7. The minimum Gasteiger partial charge on any atom is -0.379 e. The standard InChI is InChI=1S/C20H17FN4O/c21-16-6-7-18-15(10-16)11-17(13-24-9-8-23-19(22)20(24)26)25(18)12-14-4-2-1-3-5-14/h1-11H,12-13H2,(H2,22,23). The van der Waals surface area contributed by atoms with E-state index in [2.05, 4.69) is 9.55 Å². The number of hydrogen-bond acceptors (Lipinski definition) is 3. The lowest BCUT2D eigenvalue weighted by Crippen LogP contribution is -2.24. The minimum atomic E-state index is -0.338. The minimum absolute atomic E-state index is 0.0377. The molecular formula is C20H17FN4O. The molecule has 0 radical (unpaired) electrons. The highest BCUT2D eigenvalue weighted by Crippen LogP contribution is 2.23. The van der Waals surface area contributed by atoms with Gasteiger partial charge in [0.1, 0.15) is 5.82 Å². The molecule has 2 N–H and O–H groups in total. The topological polar surface area (TPSA) is 65.8 Å². The van der Waals surface area contributed by atoms with Gasteiger partial charge >= 0.3 is 0 Å². The Morgan fingerprint density at radius 1 is 1.04 bits per heavy atom. The molecule has 0 bridgehead atoms. The molecule has 0 unspecified atom stereocenters. The molecule has 0 aliphatic rings. The summed E-state index contributed by atoms with van der Waals surface area (Å²) in [4.78, 5) is 16.0. The van der Waals surface area contributed by atoms with Gasteiger partial charge in [-0.2, -0.15) is 0 Å². The largest absolute Gasteiger partial charge is 0.379 e. The number of nitrogen functional groups attached to an aromatic ring is 1. The molecule has 0 atom stereocenters. The summed E-state index contributed by atoms with van der Waals surface area (Å²) in [6.45, 7) is 0.954. The molecule has 6 heteroatoms. The van der Waals surface area contributed by atoms with Gasteiger partial charge in [-0.3, -0.25) is 4.79 Å². The molecule has 2 aromatic carbocycles. The van der Waals surface area contributed by atoms with Crippen molar-refractivity contribution < 1.29 is 4.39 Å². The first kappa shape index (κ1) is 16.1. The highest BCUT2D eigenvalue weighted by atomic mass is 19.1. The molecule has 2 heterocycles. The van der Waals surface area contributed by atoms with Crippen molar-refractivity contribution in [3.05, 3.63) is 94.4 Å². The molecule has 0 saturated heterocycles. The molecule has 0 aliphatic heterocycles. The average Bonchev–Trinajstić information content (AvgIpc) is 2.96. The number of nitrogens with two attached hydrogens (primary N) is 1. The van der Waals surface area contributed by atoms with Gasteiger partial charge < -0.3 is 14.9 Å². The zero-order chi connectivity index (χ0) is 18.1. The summed E-state index contributed by atoms with van der Waals surface area (Å²) in [5, 5.41) is 0.797. The first-order chi connectivity index (χ1) is 12.6. The molecule has 26 heavy (non-hydrogen) atoms. The highest BCUT2D eigenvalue weighted by molar-refractivity contribution is 5.81. The van der Waals surface area contributed by atoms with Gasteiger partial charge in [-0.05, 0) is 29.8 Å². The van der Waals surface area contributed by atoms with Gasteiger partial charge in [-0.25, -0.2) is 9.37 Å². The van der Waals surface area contributed by atoms with Gasteiger partial charge in [-0.15, -0.1) is 0 Å². The van der Waals surface area contributed by atoms with Crippen LogP contribution in [-0.2, 0) is 13.1 Å². The monoisotopic (exact) mass is 348 g/mol. The van der Waals surface area contributed by atoms with Crippen molar-refractivity contribution in [2.45, 2.75) is 13.1 Å². The van der Waals surface area contributed by atoms with Crippen LogP contribution in [0.3, 0.4) is 0 Å². The van der Waals surface area contributed by atoms with Crippen molar-refractivity contribution in [3.8, 4) is 0 Å². The van der Waals surface area contributed by atoms with Crippen LogP contribution >= 0.6 is 0 Å². The van der Waals surface area contributed by atoms with E-state index in [4.69, 9.17) is 5.73 Å². The molecule has 130 valence electrons. The fourth-order valence-electron chi connectivity index (χ4n) is 3.15. The number of nitrogens with zero attached hydrogens (tertiary/aromatic N) is 3. The number of hydrogen-bond donors (Lipinski definition) is 1. The lowest BCUT2D eigenvalue weighted by Gasteiger charge is -2.12. The van der Waals surface area contributed by atoms with E-state index < -0.39 is 0 Å². The number of rotatable bonds is 4. The van der Waals surface area contributed by atoms with Crippen molar-refractivity contribution in [1.29, 1.82) is 0 Å². The zero-order valence-electron chi connectivity index (χ0n) is 14.0. The summed E-state index contributed by atoms with van der Waals surface area (Å²) in [7, 11) is 0.